The zero-order chi connectivity index (χ0) is 23.4. The lowest BCUT2D eigenvalue weighted by atomic mass is 9.92. The van der Waals surface area contributed by atoms with E-state index in [9.17, 15) is 14.7 Å². The summed E-state index contributed by atoms with van der Waals surface area (Å²) in [6, 6.07) is 11.7. The number of Topliss-reactive ketones (excluding diaryl/α,β-unsaturated/α-hetero) is 1. The van der Waals surface area contributed by atoms with Crippen LogP contribution in [0.5, 0.6) is 11.5 Å². The van der Waals surface area contributed by atoms with E-state index < -0.39 is 17.7 Å². The summed E-state index contributed by atoms with van der Waals surface area (Å²) in [5, 5.41) is 11.3. The van der Waals surface area contributed by atoms with Gasteiger partial charge in [-0.15, -0.1) is 0 Å². The van der Waals surface area contributed by atoms with Crippen molar-refractivity contribution in [2.45, 2.75) is 32.9 Å². The summed E-state index contributed by atoms with van der Waals surface area (Å²) in [5.41, 5.74) is 2.01. The number of methoxy groups -OCH3 is 2. The van der Waals surface area contributed by atoms with Gasteiger partial charge in [-0.1, -0.05) is 24.3 Å². The van der Waals surface area contributed by atoms with Gasteiger partial charge in [-0.2, -0.15) is 0 Å². The molecule has 3 rings (SSSR count). The predicted octanol–water partition coefficient (Wildman–Crippen LogP) is 3.86. The molecule has 1 aliphatic rings. The second-order valence-electron chi connectivity index (χ2n) is 7.83. The molecule has 7 heteroatoms. The first-order valence-corrected chi connectivity index (χ1v) is 10.5. The molecule has 2 aromatic carbocycles. The van der Waals surface area contributed by atoms with Crippen LogP contribution < -0.4 is 9.47 Å². The highest BCUT2D eigenvalue weighted by Gasteiger charge is 2.46. The number of ether oxygens (including phenoxy) is 3. The SMILES string of the molecule is COc1ccc(/C(O)=C2\C(=O)C(=O)N(CCOC(C)C)C2c2ccccc2C)c(OC)c1. The van der Waals surface area contributed by atoms with Crippen LogP contribution in [-0.2, 0) is 14.3 Å². The molecular formula is C25H29NO6. The molecule has 1 aliphatic heterocycles. The molecule has 7 nitrogen and oxygen atoms in total. The van der Waals surface area contributed by atoms with Crippen molar-refractivity contribution in [1.82, 2.24) is 4.90 Å². The number of carbonyl (C=O) groups excluding carboxylic acids is 2. The quantitative estimate of drug-likeness (QED) is 0.382. The van der Waals surface area contributed by atoms with E-state index in [-0.39, 0.29) is 30.6 Å². The number of nitrogens with zero attached hydrogens (tertiary/aromatic N) is 1. The third kappa shape index (κ3) is 4.48. The Labute approximate surface area is 188 Å². The molecule has 1 amide bonds. The van der Waals surface area contributed by atoms with Crippen LogP contribution in [0.25, 0.3) is 5.76 Å². The van der Waals surface area contributed by atoms with Gasteiger partial charge in [-0.05, 0) is 44.0 Å². The van der Waals surface area contributed by atoms with E-state index in [1.165, 1.54) is 19.1 Å². The Hall–Kier alpha value is -3.32. The zero-order valence-electron chi connectivity index (χ0n) is 19.0. The molecule has 0 spiro atoms. The molecule has 0 aromatic heterocycles. The van der Waals surface area contributed by atoms with Crippen LogP contribution in [0.2, 0.25) is 0 Å². The molecule has 1 heterocycles. The number of aryl methyl sites for hydroxylation is 1. The molecule has 2 aromatic rings. The fourth-order valence-corrected chi connectivity index (χ4v) is 3.85. The summed E-state index contributed by atoms with van der Waals surface area (Å²) in [5.74, 6) is -0.818. The number of hydrogen-bond acceptors (Lipinski definition) is 6. The lowest BCUT2D eigenvalue weighted by Gasteiger charge is -2.27. The maximum atomic E-state index is 13.1. The number of hydrogen-bond donors (Lipinski definition) is 1. The number of rotatable bonds is 8. The van der Waals surface area contributed by atoms with Crippen molar-refractivity contribution < 1.29 is 28.9 Å². The van der Waals surface area contributed by atoms with Crippen molar-refractivity contribution in [2.24, 2.45) is 0 Å². The largest absolute Gasteiger partial charge is 0.507 e. The van der Waals surface area contributed by atoms with Crippen LogP contribution >= 0.6 is 0 Å². The minimum absolute atomic E-state index is 0.00714. The Morgan fingerprint density at radius 3 is 2.44 bits per heavy atom. The van der Waals surface area contributed by atoms with Crippen molar-refractivity contribution >= 4 is 17.4 Å². The topological polar surface area (TPSA) is 85.3 Å². The van der Waals surface area contributed by atoms with E-state index in [4.69, 9.17) is 14.2 Å². The van der Waals surface area contributed by atoms with Crippen LogP contribution in [0.1, 0.15) is 36.6 Å². The van der Waals surface area contributed by atoms with Gasteiger partial charge in [0.05, 0.1) is 44.1 Å². The van der Waals surface area contributed by atoms with E-state index in [2.05, 4.69) is 0 Å². The lowest BCUT2D eigenvalue weighted by molar-refractivity contribution is -0.140. The standard InChI is InChI=1S/C25H29NO6/c1-15(2)32-13-12-26-22(18-9-7-6-8-16(18)3)21(24(28)25(26)29)23(27)19-11-10-17(30-4)14-20(19)31-5/h6-11,14-15,22,27H,12-13H2,1-5H3/b23-21+. The Balaban J connectivity index is 2.16. The minimum Gasteiger partial charge on any atom is -0.507 e. The van der Waals surface area contributed by atoms with Crippen molar-refractivity contribution in [2.75, 3.05) is 27.4 Å². The maximum absolute atomic E-state index is 13.1. The van der Waals surface area contributed by atoms with Crippen LogP contribution in [-0.4, -0.2) is 55.2 Å². The van der Waals surface area contributed by atoms with Crippen LogP contribution in [0, 0.1) is 6.92 Å². The minimum atomic E-state index is -0.738. The lowest BCUT2D eigenvalue weighted by Crippen LogP contribution is -2.33. The van der Waals surface area contributed by atoms with Crippen molar-refractivity contribution in [1.29, 1.82) is 0 Å². The highest BCUT2D eigenvalue weighted by atomic mass is 16.5. The number of aliphatic hydroxyl groups is 1. The van der Waals surface area contributed by atoms with Gasteiger partial charge in [0.2, 0.25) is 0 Å². The van der Waals surface area contributed by atoms with Gasteiger partial charge in [0, 0.05) is 12.6 Å². The number of ketones is 1. The van der Waals surface area contributed by atoms with E-state index in [0.29, 0.717) is 17.1 Å². The van der Waals surface area contributed by atoms with Gasteiger partial charge >= 0.3 is 0 Å². The molecule has 1 fully saturated rings. The number of aliphatic hydroxyl groups excluding tert-OH is 1. The van der Waals surface area contributed by atoms with Crippen molar-refractivity contribution in [3.05, 3.63) is 64.7 Å². The van der Waals surface area contributed by atoms with Crippen molar-refractivity contribution in [3.63, 3.8) is 0 Å². The first kappa shape index (κ1) is 23.3. The molecule has 1 unspecified atom stereocenters. The normalized spacial score (nSPS) is 17.8. The highest BCUT2D eigenvalue weighted by Crippen LogP contribution is 2.42. The first-order chi connectivity index (χ1) is 15.3. The molecule has 1 atom stereocenters. The first-order valence-electron chi connectivity index (χ1n) is 10.5. The summed E-state index contributed by atoms with van der Waals surface area (Å²) >= 11 is 0. The average molecular weight is 440 g/mol. The summed E-state index contributed by atoms with van der Waals surface area (Å²) in [4.78, 5) is 27.6. The molecule has 0 aliphatic carbocycles. The Kier molecular flexibility index (Phi) is 7.20. The molecule has 1 N–H and O–H groups in total. The van der Waals surface area contributed by atoms with Crippen LogP contribution in [0.4, 0.5) is 0 Å². The van der Waals surface area contributed by atoms with Gasteiger partial charge in [0.25, 0.3) is 11.7 Å². The van der Waals surface area contributed by atoms with E-state index >= 15 is 0 Å². The Bertz CT molecular complexity index is 1040. The van der Waals surface area contributed by atoms with Crippen molar-refractivity contribution in [3.8, 4) is 11.5 Å². The summed E-state index contributed by atoms with van der Waals surface area (Å²) in [6.45, 7) is 6.22. The molecule has 32 heavy (non-hydrogen) atoms. The third-order valence-electron chi connectivity index (χ3n) is 5.47. The monoisotopic (exact) mass is 439 g/mol. The van der Waals surface area contributed by atoms with Gasteiger partial charge in [0.1, 0.15) is 17.3 Å². The second-order valence-corrected chi connectivity index (χ2v) is 7.83. The smallest absolute Gasteiger partial charge is 0.295 e. The third-order valence-corrected chi connectivity index (χ3v) is 5.47. The summed E-state index contributed by atoms with van der Waals surface area (Å²) < 4.78 is 16.3. The summed E-state index contributed by atoms with van der Waals surface area (Å²) in [7, 11) is 2.99. The van der Waals surface area contributed by atoms with Crippen LogP contribution in [0.15, 0.2) is 48.0 Å². The Morgan fingerprint density at radius 1 is 1.09 bits per heavy atom. The number of benzene rings is 2. The van der Waals surface area contributed by atoms with E-state index in [1.807, 2.05) is 45.0 Å². The molecule has 1 saturated heterocycles. The van der Waals surface area contributed by atoms with Gasteiger partial charge < -0.3 is 24.2 Å². The molecule has 170 valence electrons. The van der Waals surface area contributed by atoms with Gasteiger partial charge in [-0.3, -0.25) is 9.59 Å². The van der Waals surface area contributed by atoms with Gasteiger partial charge in [0.15, 0.2) is 0 Å². The van der Waals surface area contributed by atoms with Crippen LogP contribution in [0.3, 0.4) is 0 Å². The van der Waals surface area contributed by atoms with E-state index in [0.717, 1.165) is 11.1 Å². The molecule has 0 saturated carbocycles. The summed E-state index contributed by atoms with van der Waals surface area (Å²) in [6.07, 6.45) is -0.00714. The van der Waals surface area contributed by atoms with E-state index in [1.54, 1.807) is 18.2 Å². The average Bonchev–Trinajstić information content (AvgIpc) is 3.03. The molecular weight excluding hydrogens is 410 g/mol. The Morgan fingerprint density at radius 2 is 1.81 bits per heavy atom. The fourth-order valence-electron chi connectivity index (χ4n) is 3.85. The second kappa shape index (κ2) is 9.87. The molecule has 0 radical (unpaired) electrons. The maximum Gasteiger partial charge on any atom is 0.295 e. The highest BCUT2D eigenvalue weighted by molar-refractivity contribution is 6.46. The zero-order valence-corrected chi connectivity index (χ0v) is 19.0. The fraction of sp³-hybridized carbons (Fsp3) is 0.360. The predicted molar refractivity (Wildman–Crippen MR) is 121 cm³/mol. The number of amides is 1. The van der Waals surface area contributed by atoms with Gasteiger partial charge in [-0.25, -0.2) is 0 Å². The molecule has 0 bridgehead atoms. The number of likely N-dealkylation sites (tertiary alicyclic amines) is 1. The number of carbonyl (C=O) groups is 2.